The summed E-state index contributed by atoms with van der Waals surface area (Å²) < 4.78 is 5.24. The van der Waals surface area contributed by atoms with Crippen molar-refractivity contribution >= 4 is 12.2 Å². The summed E-state index contributed by atoms with van der Waals surface area (Å²) in [7, 11) is 0. The number of aliphatic hydroxyl groups is 4. The SMILES string of the molecule is CCCCCCCCCCCC(=O)NC(C)CO[C@@H](C=O)[C@@H](O)[C@H](O)[C@H](O)CO. The molecule has 0 aliphatic carbocycles. The predicted molar refractivity (Wildman–Crippen MR) is 110 cm³/mol. The van der Waals surface area contributed by atoms with Gasteiger partial charge in [0.05, 0.1) is 13.2 Å². The van der Waals surface area contributed by atoms with Crippen molar-refractivity contribution in [3.8, 4) is 0 Å². The Morgan fingerprint density at radius 1 is 0.966 bits per heavy atom. The highest BCUT2D eigenvalue weighted by Crippen LogP contribution is 2.11. The number of hydrogen-bond donors (Lipinski definition) is 5. The minimum absolute atomic E-state index is 0.0358. The number of carbonyl (C=O) groups is 2. The summed E-state index contributed by atoms with van der Waals surface area (Å²) in [6.07, 6.45) is 5.01. The Kier molecular flexibility index (Phi) is 17.1. The Morgan fingerprint density at radius 2 is 1.52 bits per heavy atom. The molecule has 29 heavy (non-hydrogen) atoms. The van der Waals surface area contributed by atoms with E-state index in [2.05, 4.69) is 12.2 Å². The van der Waals surface area contributed by atoms with Gasteiger partial charge < -0.3 is 35.3 Å². The molecule has 0 aromatic carbocycles. The smallest absolute Gasteiger partial charge is 0.220 e. The minimum Gasteiger partial charge on any atom is -0.394 e. The van der Waals surface area contributed by atoms with Crippen molar-refractivity contribution in [2.45, 2.75) is 109 Å². The molecule has 0 spiro atoms. The van der Waals surface area contributed by atoms with Gasteiger partial charge in [-0.15, -0.1) is 0 Å². The maximum Gasteiger partial charge on any atom is 0.220 e. The van der Waals surface area contributed by atoms with Gasteiger partial charge in [0, 0.05) is 12.5 Å². The molecule has 5 atom stereocenters. The first-order valence-electron chi connectivity index (χ1n) is 10.9. The first-order valence-corrected chi connectivity index (χ1v) is 10.9. The summed E-state index contributed by atoms with van der Waals surface area (Å²) in [6.45, 7) is 3.12. The van der Waals surface area contributed by atoms with E-state index >= 15 is 0 Å². The van der Waals surface area contributed by atoms with Crippen LogP contribution in [0.25, 0.3) is 0 Å². The summed E-state index contributed by atoms with van der Waals surface area (Å²) in [5.41, 5.74) is 0. The van der Waals surface area contributed by atoms with Gasteiger partial charge >= 0.3 is 0 Å². The standard InChI is InChI=1S/C21H41NO7/c1-3-4-5-6-7-8-9-10-11-12-19(26)22-16(2)15-29-18(14-24)21(28)20(27)17(25)13-23/h14,16-18,20-21,23,25,27-28H,3-13,15H2,1-2H3,(H,22,26)/t16?,17-,18+,20-,21-/m1/s1. The molecule has 0 saturated carbocycles. The fourth-order valence-electron chi connectivity index (χ4n) is 2.99. The molecule has 8 nitrogen and oxygen atoms in total. The van der Waals surface area contributed by atoms with E-state index < -0.39 is 31.0 Å². The second-order valence-corrected chi connectivity index (χ2v) is 7.71. The van der Waals surface area contributed by atoms with Crippen molar-refractivity contribution in [1.29, 1.82) is 0 Å². The van der Waals surface area contributed by atoms with Gasteiger partial charge in [-0.1, -0.05) is 58.3 Å². The average Bonchev–Trinajstić information content (AvgIpc) is 2.71. The van der Waals surface area contributed by atoms with Crippen molar-refractivity contribution in [2.24, 2.45) is 0 Å². The number of hydrogen-bond acceptors (Lipinski definition) is 7. The van der Waals surface area contributed by atoms with Crippen molar-refractivity contribution < 1.29 is 34.8 Å². The third-order valence-corrected chi connectivity index (χ3v) is 4.86. The summed E-state index contributed by atoms with van der Waals surface area (Å²) in [6, 6.07) is -0.379. The van der Waals surface area contributed by atoms with Crippen LogP contribution in [-0.2, 0) is 14.3 Å². The van der Waals surface area contributed by atoms with Gasteiger partial charge in [-0.05, 0) is 13.3 Å². The van der Waals surface area contributed by atoms with Crippen LogP contribution in [0.4, 0.5) is 0 Å². The van der Waals surface area contributed by atoms with E-state index in [9.17, 15) is 24.9 Å². The summed E-state index contributed by atoms with van der Waals surface area (Å²) in [4.78, 5) is 23.0. The number of carbonyl (C=O) groups excluding carboxylic acids is 2. The third kappa shape index (κ3) is 13.7. The highest BCUT2D eigenvalue weighted by Gasteiger charge is 2.31. The van der Waals surface area contributed by atoms with Crippen molar-refractivity contribution in [3.05, 3.63) is 0 Å². The first-order chi connectivity index (χ1) is 13.9. The van der Waals surface area contributed by atoms with Gasteiger partial charge in [-0.25, -0.2) is 0 Å². The molecule has 0 radical (unpaired) electrons. The van der Waals surface area contributed by atoms with Gasteiger partial charge in [0.15, 0.2) is 6.29 Å². The molecule has 8 heteroatoms. The minimum atomic E-state index is -1.72. The molecule has 5 N–H and O–H groups in total. The molecule has 0 aliphatic heterocycles. The zero-order chi connectivity index (χ0) is 22.1. The Hall–Kier alpha value is -1.06. The molecule has 0 aliphatic rings. The molecule has 1 unspecified atom stereocenters. The van der Waals surface area contributed by atoms with Gasteiger partial charge in [-0.2, -0.15) is 0 Å². The van der Waals surface area contributed by atoms with E-state index in [1.54, 1.807) is 6.92 Å². The average molecular weight is 420 g/mol. The number of rotatable bonds is 19. The first kappa shape index (κ1) is 27.9. The van der Waals surface area contributed by atoms with E-state index in [-0.39, 0.29) is 18.6 Å². The van der Waals surface area contributed by atoms with Crippen LogP contribution in [0.1, 0.15) is 78.1 Å². The van der Waals surface area contributed by atoms with E-state index in [4.69, 9.17) is 9.84 Å². The molecule has 0 heterocycles. The maximum absolute atomic E-state index is 12.0. The molecule has 0 aromatic heterocycles. The number of unbranched alkanes of at least 4 members (excludes halogenated alkanes) is 8. The van der Waals surface area contributed by atoms with Crippen LogP contribution in [0.2, 0.25) is 0 Å². The van der Waals surface area contributed by atoms with Crippen LogP contribution in [0.3, 0.4) is 0 Å². The quantitative estimate of drug-likeness (QED) is 0.156. The van der Waals surface area contributed by atoms with Crippen LogP contribution in [-0.4, -0.2) is 76.3 Å². The lowest BCUT2D eigenvalue weighted by Crippen LogP contribution is -2.48. The van der Waals surface area contributed by atoms with Crippen molar-refractivity contribution in [1.82, 2.24) is 5.32 Å². The summed E-state index contributed by atoms with van der Waals surface area (Å²) in [5, 5.41) is 40.4. The number of aliphatic hydroxyl groups excluding tert-OH is 4. The van der Waals surface area contributed by atoms with Gasteiger partial charge in [0.2, 0.25) is 5.91 Å². The third-order valence-electron chi connectivity index (χ3n) is 4.86. The lowest BCUT2D eigenvalue weighted by Gasteiger charge is -2.26. The fraction of sp³-hybridized carbons (Fsp3) is 0.905. The number of ether oxygens (including phenoxy) is 1. The normalized spacial score (nSPS) is 16.6. The topological polar surface area (TPSA) is 136 Å². The van der Waals surface area contributed by atoms with Crippen LogP contribution in [0.5, 0.6) is 0 Å². The lowest BCUT2D eigenvalue weighted by atomic mass is 10.0. The molecule has 0 fully saturated rings. The molecule has 1 amide bonds. The fourth-order valence-corrected chi connectivity index (χ4v) is 2.99. The number of amides is 1. The Labute approximate surface area is 174 Å². The molecule has 0 rings (SSSR count). The zero-order valence-electron chi connectivity index (χ0n) is 18.0. The Balaban J connectivity index is 3.92. The second-order valence-electron chi connectivity index (χ2n) is 7.71. The van der Waals surface area contributed by atoms with Crippen LogP contribution < -0.4 is 5.32 Å². The zero-order valence-corrected chi connectivity index (χ0v) is 18.0. The number of aldehydes is 1. The summed E-state index contributed by atoms with van der Waals surface area (Å²) in [5.74, 6) is -0.0945. The van der Waals surface area contributed by atoms with Crippen LogP contribution >= 0.6 is 0 Å². The Bertz CT molecular complexity index is 422. The molecular formula is C21H41NO7. The van der Waals surface area contributed by atoms with Crippen LogP contribution in [0, 0.1) is 0 Å². The van der Waals surface area contributed by atoms with Gasteiger partial charge in [0.1, 0.15) is 24.4 Å². The molecule has 172 valence electrons. The largest absolute Gasteiger partial charge is 0.394 e. The van der Waals surface area contributed by atoms with E-state index in [1.807, 2.05) is 0 Å². The molecular weight excluding hydrogens is 378 g/mol. The molecule has 0 saturated heterocycles. The predicted octanol–water partition coefficient (Wildman–Crippen LogP) is 1.07. The van der Waals surface area contributed by atoms with Crippen molar-refractivity contribution in [2.75, 3.05) is 13.2 Å². The number of nitrogens with one attached hydrogen (secondary N) is 1. The van der Waals surface area contributed by atoms with E-state index in [0.717, 1.165) is 19.3 Å². The van der Waals surface area contributed by atoms with E-state index in [1.165, 1.54) is 38.5 Å². The molecule has 0 bridgehead atoms. The second kappa shape index (κ2) is 17.8. The highest BCUT2D eigenvalue weighted by molar-refractivity contribution is 5.76. The van der Waals surface area contributed by atoms with Gasteiger partial charge in [0.25, 0.3) is 0 Å². The monoisotopic (exact) mass is 419 g/mol. The maximum atomic E-state index is 12.0. The summed E-state index contributed by atoms with van der Waals surface area (Å²) >= 11 is 0. The van der Waals surface area contributed by atoms with Gasteiger partial charge in [-0.3, -0.25) is 4.79 Å². The molecule has 0 aromatic rings. The highest BCUT2D eigenvalue weighted by atomic mass is 16.5. The van der Waals surface area contributed by atoms with Crippen molar-refractivity contribution in [3.63, 3.8) is 0 Å². The van der Waals surface area contributed by atoms with E-state index in [0.29, 0.717) is 12.7 Å². The Morgan fingerprint density at radius 3 is 2.03 bits per heavy atom. The lowest BCUT2D eigenvalue weighted by molar-refractivity contribution is -0.147. The van der Waals surface area contributed by atoms with Crippen LogP contribution in [0.15, 0.2) is 0 Å².